The molecule has 0 unspecified atom stereocenters. The van der Waals surface area contributed by atoms with Gasteiger partial charge >= 0.3 is 11.8 Å². The summed E-state index contributed by atoms with van der Waals surface area (Å²) in [6, 6.07) is 5.20. The molecule has 1 aromatic carbocycles. The number of hydrogen-bond acceptors (Lipinski definition) is 3. The number of nitrogens with one attached hydrogen (secondary N) is 2. The molecular formula is C10H13N3O2. The van der Waals surface area contributed by atoms with Gasteiger partial charge in [0.15, 0.2) is 0 Å². The normalized spacial score (nSPS) is 9.47. The van der Waals surface area contributed by atoms with E-state index in [-0.39, 0.29) is 0 Å². The van der Waals surface area contributed by atoms with E-state index >= 15 is 0 Å². The molecule has 5 heteroatoms. The second-order valence-corrected chi connectivity index (χ2v) is 3.12. The van der Waals surface area contributed by atoms with Crippen molar-refractivity contribution in [3.63, 3.8) is 0 Å². The van der Waals surface area contributed by atoms with Crippen LogP contribution in [-0.2, 0) is 9.59 Å². The number of amides is 2. The van der Waals surface area contributed by atoms with Gasteiger partial charge in [-0.15, -0.1) is 0 Å². The monoisotopic (exact) mass is 207 g/mol. The number of carbonyl (C=O) groups is 2. The maximum Gasteiger partial charge on any atom is 0.313 e. The molecule has 80 valence electrons. The number of aryl methyl sites for hydroxylation is 1. The number of hydrogen-bond donors (Lipinski definition) is 3. The summed E-state index contributed by atoms with van der Waals surface area (Å²) in [6.45, 7) is 1.87. The number of carbonyl (C=O) groups excluding carboxylic acids is 2. The first-order chi connectivity index (χ1) is 7.04. The molecule has 0 aromatic heterocycles. The predicted molar refractivity (Wildman–Crippen MR) is 58.3 cm³/mol. The molecule has 0 atom stereocenters. The highest BCUT2D eigenvalue weighted by Gasteiger charge is 2.12. The molecule has 0 aliphatic rings. The molecule has 0 bridgehead atoms. The van der Waals surface area contributed by atoms with E-state index in [0.717, 1.165) is 5.56 Å². The topological polar surface area (TPSA) is 84.2 Å². The van der Waals surface area contributed by atoms with E-state index in [0.29, 0.717) is 11.4 Å². The molecule has 1 rings (SSSR count). The van der Waals surface area contributed by atoms with E-state index in [1.807, 2.05) is 13.0 Å². The Morgan fingerprint density at radius 2 is 1.93 bits per heavy atom. The summed E-state index contributed by atoms with van der Waals surface area (Å²) in [5.41, 5.74) is 7.46. The number of benzene rings is 1. The van der Waals surface area contributed by atoms with Gasteiger partial charge in [-0.1, -0.05) is 6.07 Å². The van der Waals surface area contributed by atoms with E-state index < -0.39 is 11.8 Å². The molecule has 0 aliphatic heterocycles. The molecule has 1 aromatic rings. The fraction of sp³-hybridized carbons (Fsp3) is 0.200. The Bertz CT molecular complexity index is 402. The van der Waals surface area contributed by atoms with Crippen LogP contribution in [0.1, 0.15) is 5.56 Å². The van der Waals surface area contributed by atoms with Gasteiger partial charge in [-0.05, 0) is 24.6 Å². The van der Waals surface area contributed by atoms with Crippen molar-refractivity contribution in [2.45, 2.75) is 6.92 Å². The summed E-state index contributed by atoms with van der Waals surface area (Å²) in [5, 5.41) is 4.65. The van der Waals surface area contributed by atoms with Crippen molar-refractivity contribution >= 4 is 23.2 Å². The number of nitrogen functional groups attached to an aromatic ring is 1. The van der Waals surface area contributed by atoms with E-state index in [9.17, 15) is 9.59 Å². The highest BCUT2D eigenvalue weighted by Crippen LogP contribution is 2.19. The first-order valence-corrected chi connectivity index (χ1v) is 4.43. The number of rotatable bonds is 1. The van der Waals surface area contributed by atoms with Gasteiger partial charge in [0.1, 0.15) is 0 Å². The smallest absolute Gasteiger partial charge is 0.313 e. The van der Waals surface area contributed by atoms with Crippen LogP contribution >= 0.6 is 0 Å². The molecule has 2 amide bonds. The fourth-order valence-corrected chi connectivity index (χ4v) is 1.07. The van der Waals surface area contributed by atoms with Crippen molar-refractivity contribution in [2.24, 2.45) is 0 Å². The largest absolute Gasteiger partial charge is 0.397 e. The SMILES string of the molecule is CNC(=O)C(=O)Nc1cc(C)ccc1N. The standard InChI is InChI=1S/C10H13N3O2/c1-6-3-4-7(11)8(5-6)13-10(15)9(14)12-2/h3-5H,11H2,1-2H3,(H,12,14)(H,13,15). The zero-order valence-electron chi connectivity index (χ0n) is 8.63. The summed E-state index contributed by atoms with van der Waals surface area (Å²) in [4.78, 5) is 22.2. The second-order valence-electron chi connectivity index (χ2n) is 3.12. The first-order valence-electron chi connectivity index (χ1n) is 4.43. The third-order valence-corrected chi connectivity index (χ3v) is 1.89. The predicted octanol–water partition coefficient (Wildman–Crippen LogP) is 0.262. The molecule has 0 saturated heterocycles. The van der Waals surface area contributed by atoms with Crippen molar-refractivity contribution < 1.29 is 9.59 Å². The van der Waals surface area contributed by atoms with Gasteiger partial charge in [0.25, 0.3) is 0 Å². The molecule has 15 heavy (non-hydrogen) atoms. The lowest BCUT2D eigenvalue weighted by molar-refractivity contribution is -0.135. The minimum absolute atomic E-state index is 0.429. The summed E-state index contributed by atoms with van der Waals surface area (Å²) < 4.78 is 0. The quantitative estimate of drug-likeness (QED) is 0.456. The molecule has 0 fully saturated rings. The Morgan fingerprint density at radius 1 is 1.27 bits per heavy atom. The number of nitrogens with two attached hydrogens (primary N) is 1. The molecule has 0 radical (unpaired) electrons. The lowest BCUT2D eigenvalue weighted by Crippen LogP contribution is -2.32. The van der Waals surface area contributed by atoms with E-state index in [4.69, 9.17) is 5.73 Å². The van der Waals surface area contributed by atoms with Crippen LogP contribution in [0, 0.1) is 6.92 Å². The Morgan fingerprint density at radius 3 is 2.53 bits per heavy atom. The van der Waals surface area contributed by atoms with Gasteiger partial charge in [0.05, 0.1) is 11.4 Å². The Labute approximate surface area is 87.7 Å². The summed E-state index contributed by atoms with van der Waals surface area (Å²) in [5.74, 6) is -1.43. The van der Waals surface area contributed by atoms with Crippen LogP contribution in [0.25, 0.3) is 0 Å². The molecule has 4 N–H and O–H groups in total. The van der Waals surface area contributed by atoms with Crippen molar-refractivity contribution in [1.29, 1.82) is 0 Å². The highest BCUT2D eigenvalue weighted by molar-refractivity contribution is 6.39. The molecule has 0 spiro atoms. The third kappa shape index (κ3) is 2.70. The van der Waals surface area contributed by atoms with Gasteiger partial charge in [0, 0.05) is 7.05 Å². The van der Waals surface area contributed by atoms with E-state index in [1.165, 1.54) is 7.05 Å². The minimum Gasteiger partial charge on any atom is -0.397 e. The average molecular weight is 207 g/mol. The van der Waals surface area contributed by atoms with Crippen LogP contribution in [-0.4, -0.2) is 18.9 Å². The van der Waals surface area contributed by atoms with Crippen molar-refractivity contribution in [1.82, 2.24) is 5.32 Å². The van der Waals surface area contributed by atoms with Gasteiger partial charge in [0.2, 0.25) is 0 Å². The van der Waals surface area contributed by atoms with Crippen LogP contribution in [0.5, 0.6) is 0 Å². The maximum atomic E-state index is 11.2. The lowest BCUT2D eigenvalue weighted by atomic mass is 10.2. The minimum atomic E-state index is -0.727. The summed E-state index contributed by atoms with van der Waals surface area (Å²) >= 11 is 0. The van der Waals surface area contributed by atoms with Gasteiger partial charge < -0.3 is 16.4 Å². The van der Waals surface area contributed by atoms with Gasteiger partial charge in [-0.25, -0.2) is 0 Å². The zero-order chi connectivity index (χ0) is 11.4. The second kappa shape index (κ2) is 4.45. The Hall–Kier alpha value is -2.04. The van der Waals surface area contributed by atoms with Crippen molar-refractivity contribution in [2.75, 3.05) is 18.1 Å². The zero-order valence-corrected chi connectivity index (χ0v) is 8.63. The highest BCUT2D eigenvalue weighted by atomic mass is 16.2. The van der Waals surface area contributed by atoms with Crippen LogP contribution in [0.15, 0.2) is 18.2 Å². The van der Waals surface area contributed by atoms with Crippen molar-refractivity contribution in [3.8, 4) is 0 Å². The average Bonchev–Trinajstić information content (AvgIpc) is 2.22. The summed E-state index contributed by atoms with van der Waals surface area (Å²) in [6.07, 6.45) is 0. The van der Waals surface area contributed by atoms with E-state index in [2.05, 4.69) is 10.6 Å². The number of likely N-dealkylation sites (N-methyl/N-ethyl adjacent to an activating group) is 1. The van der Waals surface area contributed by atoms with Gasteiger partial charge in [-0.3, -0.25) is 9.59 Å². The van der Waals surface area contributed by atoms with Crippen LogP contribution in [0.2, 0.25) is 0 Å². The van der Waals surface area contributed by atoms with Crippen molar-refractivity contribution in [3.05, 3.63) is 23.8 Å². The molecule has 0 saturated carbocycles. The fourth-order valence-electron chi connectivity index (χ4n) is 1.07. The van der Waals surface area contributed by atoms with Crippen LogP contribution < -0.4 is 16.4 Å². The number of anilines is 2. The Balaban J connectivity index is 2.85. The molecular weight excluding hydrogens is 194 g/mol. The van der Waals surface area contributed by atoms with Crippen LogP contribution in [0.3, 0.4) is 0 Å². The Kier molecular flexibility index (Phi) is 3.28. The van der Waals surface area contributed by atoms with Crippen LogP contribution in [0.4, 0.5) is 11.4 Å². The molecule has 0 aliphatic carbocycles. The molecule has 5 nitrogen and oxygen atoms in total. The maximum absolute atomic E-state index is 11.2. The lowest BCUT2D eigenvalue weighted by Gasteiger charge is -2.07. The van der Waals surface area contributed by atoms with Gasteiger partial charge in [-0.2, -0.15) is 0 Å². The third-order valence-electron chi connectivity index (χ3n) is 1.89. The molecule has 0 heterocycles. The first kappa shape index (κ1) is 11.0. The summed E-state index contributed by atoms with van der Waals surface area (Å²) in [7, 11) is 1.39. The van der Waals surface area contributed by atoms with E-state index in [1.54, 1.807) is 12.1 Å².